The molecule has 0 saturated heterocycles. The molecule has 1 aromatic carbocycles. The fourth-order valence-electron chi connectivity index (χ4n) is 3.10. The predicted octanol–water partition coefficient (Wildman–Crippen LogP) is 3.05. The van der Waals surface area contributed by atoms with Gasteiger partial charge in [-0.1, -0.05) is 23.7 Å². The lowest BCUT2D eigenvalue weighted by Gasteiger charge is -2.27. The van der Waals surface area contributed by atoms with E-state index < -0.39 is 5.92 Å². The summed E-state index contributed by atoms with van der Waals surface area (Å²) in [6, 6.07) is 10.9. The zero-order chi connectivity index (χ0) is 17.4. The zero-order valence-corrected chi connectivity index (χ0v) is 14.1. The van der Waals surface area contributed by atoms with Crippen molar-refractivity contribution in [1.29, 1.82) is 5.26 Å². The number of hydrogen-bond donors (Lipinski definition) is 1. The van der Waals surface area contributed by atoms with Gasteiger partial charge < -0.3 is 15.0 Å². The van der Waals surface area contributed by atoms with Crippen LogP contribution in [0, 0.1) is 18.3 Å². The highest BCUT2D eigenvalue weighted by Crippen LogP contribution is 2.40. The molecule has 6 heteroatoms. The number of benzene rings is 1. The molecule has 5 nitrogen and oxygen atoms in total. The summed E-state index contributed by atoms with van der Waals surface area (Å²) in [5.74, 6) is -0.185. The number of ether oxygens (including phenoxy) is 1. The molecule has 0 spiro atoms. The van der Waals surface area contributed by atoms with Crippen molar-refractivity contribution in [2.75, 3.05) is 0 Å². The molecule has 3 rings (SSSR count). The molecular weight excluding hydrogens is 326 g/mol. The van der Waals surface area contributed by atoms with Gasteiger partial charge in [-0.25, -0.2) is 0 Å². The molecule has 0 bridgehead atoms. The highest BCUT2D eigenvalue weighted by molar-refractivity contribution is 6.30. The Kier molecular flexibility index (Phi) is 4.08. The number of rotatable bonds is 2. The Hall–Kier alpha value is -2.71. The fourth-order valence-corrected chi connectivity index (χ4v) is 3.30. The summed E-state index contributed by atoms with van der Waals surface area (Å²) in [7, 11) is 0. The number of nitriles is 1. The minimum Gasteiger partial charge on any atom is -0.440 e. The summed E-state index contributed by atoms with van der Waals surface area (Å²) in [6.07, 6.45) is 0. The minimum atomic E-state index is -0.594. The lowest BCUT2D eigenvalue weighted by molar-refractivity contribution is 0.388. The summed E-state index contributed by atoms with van der Waals surface area (Å²) in [6.45, 7) is 4.26. The van der Waals surface area contributed by atoms with Crippen LogP contribution in [0.15, 0.2) is 46.6 Å². The zero-order valence-electron chi connectivity index (χ0n) is 13.3. The Labute approximate surface area is 144 Å². The second kappa shape index (κ2) is 6.06. The van der Waals surface area contributed by atoms with Crippen LogP contribution < -0.4 is 16.0 Å². The molecule has 1 aromatic heterocycles. The van der Waals surface area contributed by atoms with Crippen molar-refractivity contribution in [1.82, 2.24) is 4.57 Å². The van der Waals surface area contributed by atoms with Gasteiger partial charge in [-0.15, -0.1) is 0 Å². The van der Waals surface area contributed by atoms with Gasteiger partial charge in [-0.05, 0) is 31.5 Å². The smallest absolute Gasteiger partial charge is 0.258 e. The number of aromatic nitrogens is 1. The number of nitrogens with two attached hydrogens (primary N) is 1. The van der Waals surface area contributed by atoms with E-state index in [0.717, 1.165) is 11.3 Å². The van der Waals surface area contributed by atoms with E-state index in [0.29, 0.717) is 22.9 Å². The van der Waals surface area contributed by atoms with Gasteiger partial charge in [0.2, 0.25) is 5.88 Å². The van der Waals surface area contributed by atoms with Crippen LogP contribution in [0.3, 0.4) is 0 Å². The molecule has 1 unspecified atom stereocenters. The van der Waals surface area contributed by atoms with Crippen molar-refractivity contribution in [2.24, 2.45) is 5.73 Å². The maximum absolute atomic E-state index is 13.0. The van der Waals surface area contributed by atoms with Crippen molar-refractivity contribution in [3.05, 3.63) is 74.0 Å². The second-order valence-electron chi connectivity index (χ2n) is 5.59. The van der Waals surface area contributed by atoms with E-state index in [4.69, 9.17) is 22.1 Å². The highest BCUT2D eigenvalue weighted by atomic mass is 35.5. The number of allylic oxidation sites excluding steroid dienone is 1. The second-order valence-corrected chi connectivity index (χ2v) is 6.03. The third kappa shape index (κ3) is 2.45. The monoisotopic (exact) mass is 341 g/mol. The Morgan fingerprint density at radius 1 is 1.42 bits per heavy atom. The van der Waals surface area contributed by atoms with Gasteiger partial charge >= 0.3 is 0 Å². The minimum absolute atomic E-state index is 0.0167. The average Bonchev–Trinajstić information content (AvgIpc) is 2.54. The maximum Gasteiger partial charge on any atom is 0.258 e. The largest absolute Gasteiger partial charge is 0.440 e. The van der Waals surface area contributed by atoms with Crippen molar-refractivity contribution >= 4 is 11.6 Å². The van der Waals surface area contributed by atoms with Gasteiger partial charge in [-0.3, -0.25) is 4.79 Å². The van der Waals surface area contributed by atoms with Crippen molar-refractivity contribution in [2.45, 2.75) is 26.3 Å². The average molecular weight is 342 g/mol. The molecule has 0 radical (unpaired) electrons. The van der Waals surface area contributed by atoms with E-state index in [1.807, 2.05) is 19.9 Å². The van der Waals surface area contributed by atoms with Crippen LogP contribution in [0.5, 0.6) is 5.75 Å². The van der Waals surface area contributed by atoms with E-state index in [2.05, 4.69) is 6.07 Å². The molecule has 0 amide bonds. The SMILES string of the molecule is CCn1c(C)cc2c(c1=O)C(c1cccc(Cl)c1)C(C#N)=C(N)O2. The summed E-state index contributed by atoms with van der Waals surface area (Å²) < 4.78 is 7.22. The van der Waals surface area contributed by atoms with E-state index in [-0.39, 0.29) is 17.0 Å². The Morgan fingerprint density at radius 2 is 2.17 bits per heavy atom. The van der Waals surface area contributed by atoms with Crippen molar-refractivity contribution in [3.8, 4) is 11.8 Å². The van der Waals surface area contributed by atoms with E-state index in [1.165, 1.54) is 0 Å². The Balaban J connectivity index is 2.36. The number of nitrogens with zero attached hydrogens (tertiary/aromatic N) is 2. The number of pyridine rings is 1. The number of hydrogen-bond acceptors (Lipinski definition) is 4. The first-order valence-corrected chi connectivity index (χ1v) is 7.93. The third-order valence-corrected chi connectivity index (χ3v) is 4.42. The fraction of sp³-hybridized carbons (Fsp3) is 0.222. The van der Waals surface area contributed by atoms with Crippen LogP contribution in [0.25, 0.3) is 0 Å². The maximum atomic E-state index is 13.0. The first-order valence-electron chi connectivity index (χ1n) is 7.55. The van der Waals surface area contributed by atoms with Crippen LogP contribution in [-0.2, 0) is 6.54 Å². The molecule has 1 aliphatic rings. The molecule has 122 valence electrons. The molecule has 0 saturated carbocycles. The highest BCUT2D eigenvalue weighted by Gasteiger charge is 2.34. The van der Waals surface area contributed by atoms with Gasteiger partial charge in [0, 0.05) is 23.3 Å². The lowest BCUT2D eigenvalue weighted by atomic mass is 9.84. The number of aryl methyl sites for hydroxylation is 1. The van der Waals surface area contributed by atoms with Crippen LogP contribution in [-0.4, -0.2) is 4.57 Å². The summed E-state index contributed by atoms with van der Waals surface area (Å²) in [5, 5.41) is 10.1. The lowest BCUT2D eigenvalue weighted by Crippen LogP contribution is -2.32. The Morgan fingerprint density at radius 3 is 2.79 bits per heavy atom. The number of halogens is 1. The van der Waals surface area contributed by atoms with E-state index in [1.54, 1.807) is 28.8 Å². The standard InChI is InChI=1S/C18H16ClN3O2/c1-3-22-10(2)7-14-16(18(22)23)15(13(9-20)17(21)24-14)11-5-4-6-12(19)8-11/h4-8,15H,3,21H2,1-2H3. The first-order chi connectivity index (χ1) is 11.5. The Bertz CT molecular complexity index is 954. The molecule has 24 heavy (non-hydrogen) atoms. The van der Waals surface area contributed by atoms with Crippen LogP contribution in [0.2, 0.25) is 5.02 Å². The topological polar surface area (TPSA) is 81.0 Å². The van der Waals surface area contributed by atoms with Crippen molar-refractivity contribution < 1.29 is 4.74 Å². The molecule has 0 fully saturated rings. The summed E-state index contributed by atoms with van der Waals surface area (Å²) in [5.41, 5.74) is 7.89. The summed E-state index contributed by atoms with van der Waals surface area (Å²) >= 11 is 6.10. The van der Waals surface area contributed by atoms with Gasteiger partial charge in [0.15, 0.2) is 0 Å². The number of fused-ring (bicyclic) bond motifs is 1. The predicted molar refractivity (Wildman–Crippen MR) is 91.9 cm³/mol. The molecule has 2 N–H and O–H groups in total. The molecule has 0 aliphatic carbocycles. The first kappa shape index (κ1) is 16.2. The normalized spacial score (nSPS) is 16.3. The molecule has 2 aromatic rings. The van der Waals surface area contributed by atoms with Gasteiger partial charge in [0.25, 0.3) is 5.56 Å². The van der Waals surface area contributed by atoms with Crippen LogP contribution in [0.1, 0.15) is 29.7 Å². The third-order valence-electron chi connectivity index (χ3n) is 4.19. The quantitative estimate of drug-likeness (QED) is 0.910. The van der Waals surface area contributed by atoms with Crippen LogP contribution >= 0.6 is 11.6 Å². The van der Waals surface area contributed by atoms with E-state index >= 15 is 0 Å². The van der Waals surface area contributed by atoms with Gasteiger partial charge in [0.1, 0.15) is 17.4 Å². The summed E-state index contributed by atoms with van der Waals surface area (Å²) in [4.78, 5) is 13.0. The van der Waals surface area contributed by atoms with Crippen molar-refractivity contribution in [3.63, 3.8) is 0 Å². The van der Waals surface area contributed by atoms with Gasteiger partial charge in [0.05, 0.1) is 11.5 Å². The molecular formula is C18H16ClN3O2. The molecule has 1 atom stereocenters. The molecule has 1 aliphatic heterocycles. The molecule has 2 heterocycles. The van der Waals surface area contributed by atoms with Gasteiger partial charge in [-0.2, -0.15) is 5.26 Å². The van der Waals surface area contributed by atoms with Crippen LogP contribution in [0.4, 0.5) is 0 Å². The van der Waals surface area contributed by atoms with E-state index in [9.17, 15) is 10.1 Å².